The van der Waals surface area contributed by atoms with Crippen molar-refractivity contribution in [3.05, 3.63) is 34.9 Å². The van der Waals surface area contributed by atoms with E-state index in [-0.39, 0.29) is 24.4 Å². The minimum atomic E-state index is -0.316. The summed E-state index contributed by atoms with van der Waals surface area (Å²) in [5.41, 5.74) is 9.03. The number of nitrogens with zero attached hydrogens (tertiary/aromatic N) is 1. The summed E-state index contributed by atoms with van der Waals surface area (Å²) in [6, 6.07) is 6.45. The predicted octanol–water partition coefficient (Wildman–Crippen LogP) is 1.79. The number of hydrogen-bond donors (Lipinski definition) is 2. The number of carbonyl (C=O) groups excluding carboxylic acids is 2. The second-order valence-corrected chi connectivity index (χ2v) is 7.66. The van der Waals surface area contributed by atoms with Gasteiger partial charge < -0.3 is 11.1 Å². The second-order valence-electron chi connectivity index (χ2n) is 7.66. The van der Waals surface area contributed by atoms with E-state index in [4.69, 9.17) is 5.73 Å². The van der Waals surface area contributed by atoms with Crippen LogP contribution in [0.25, 0.3) is 0 Å². The van der Waals surface area contributed by atoms with Crippen LogP contribution in [0.2, 0.25) is 0 Å². The topological polar surface area (TPSA) is 75.4 Å². The Morgan fingerprint density at radius 3 is 2.56 bits per heavy atom. The quantitative estimate of drug-likeness (QED) is 0.791. The fraction of sp³-hybridized carbons (Fsp3) is 0.600. The Bertz CT molecular complexity index is 627. The summed E-state index contributed by atoms with van der Waals surface area (Å²) in [5.74, 6) is 0.562. The molecule has 0 aromatic heterocycles. The van der Waals surface area contributed by atoms with Gasteiger partial charge in [-0.05, 0) is 48.8 Å². The minimum absolute atomic E-state index is 0.0785. The van der Waals surface area contributed by atoms with E-state index in [1.54, 1.807) is 0 Å². The third kappa shape index (κ3) is 5.56. The molecular weight excluding hydrogens is 314 g/mol. The molecule has 0 aliphatic carbocycles. The highest BCUT2D eigenvalue weighted by atomic mass is 16.2. The number of rotatable bonds is 7. The maximum absolute atomic E-state index is 12.4. The van der Waals surface area contributed by atoms with Crippen LogP contribution in [0.1, 0.15) is 37.0 Å². The first-order chi connectivity index (χ1) is 11.8. The van der Waals surface area contributed by atoms with Gasteiger partial charge >= 0.3 is 0 Å². The smallest absolute Gasteiger partial charge is 0.231 e. The van der Waals surface area contributed by atoms with Crippen molar-refractivity contribution in [2.45, 2.75) is 46.6 Å². The first kappa shape index (κ1) is 19.4. The van der Waals surface area contributed by atoms with Crippen LogP contribution in [-0.4, -0.2) is 42.4 Å². The molecule has 5 nitrogen and oxygen atoms in total. The molecule has 1 saturated heterocycles. The summed E-state index contributed by atoms with van der Waals surface area (Å²) in [6.07, 6.45) is 1.23. The van der Waals surface area contributed by atoms with Crippen molar-refractivity contribution in [2.24, 2.45) is 17.6 Å². The zero-order valence-electron chi connectivity index (χ0n) is 15.8. The molecule has 2 rings (SSSR count). The standard InChI is InChI=1S/C20H31N3O2/c1-13(2)17-10-23(12-19(21)24)11-18(17)22-20(25)8-7-16-6-5-14(3)15(4)9-16/h5-6,9,13,17-18H,7-8,10-12H2,1-4H3,(H2,21,24)(H,22,25)/t17-,18+/m1/s1. The van der Waals surface area contributed by atoms with Gasteiger partial charge in [0.1, 0.15) is 0 Å². The molecular formula is C20H31N3O2. The van der Waals surface area contributed by atoms with Gasteiger partial charge in [-0.25, -0.2) is 0 Å². The van der Waals surface area contributed by atoms with Gasteiger partial charge in [-0.15, -0.1) is 0 Å². The molecule has 1 fully saturated rings. The van der Waals surface area contributed by atoms with Crippen LogP contribution in [-0.2, 0) is 16.0 Å². The molecule has 138 valence electrons. The first-order valence-electron chi connectivity index (χ1n) is 9.12. The highest BCUT2D eigenvalue weighted by Crippen LogP contribution is 2.24. The Hall–Kier alpha value is -1.88. The largest absolute Gasteiger partial charge is 0.369 e. The molecule has 1 aromatic carbocycles. The van der Waals surface area contributed by atoms with Crippen molar-refractivity contribution in [3.63, 3.8) is 0 Å². The van der Waals surface area contributed by atoms with E-state index in [1.165, 1.54) is 16.7 Å². The lowest BCUT2D eigenvalue weighted by Crippen LogP contribution is -2.42. The number of nitrogens with two attached hydrogens (primary N) is 1. The monoisotopic (exact) mass is 345 g/mol. The van der Waals surface area contributed by atoms with E-state index in [1.807, 2.05) is 4.90 Å². The maximum Gasteiger partial charge on any atom is 0.231 e. The average Bonchev–Trinajstić information content (AvgIpc) is 2.90. The highest BCUT2D eigenvalue weighted by Gasteiger charge is 2.35. The minimum Gasteiger partial charge on any atom is -0.369 e. The Balaban J connectivity index is 1.89. The molecule has 0 saturated carbocycles. The maximum atomic E-state index is 12.4. The lowest BCUT2D eigenvalue weighted by molar-refractivity contribution is -0.122. The number of aryl methyl sites for hydroxylation is 3. The van der Waals surface area contributed by atoms with Gasteiger partial charge in [-0.2, -0.15) is 0 Å². The summed E-state index contributed by atoms with van der Waals surface area (Å²) >= 11 is 0. The van der Waals surface area contributed by atoms with Gasteiger partial charge in [0.25, 0.3) is 0 Å². The number of nitrogens with one attached hydrogen (secondary N) is 1. The molecule has 1 heterocycles. The summed E-state index contributed by atoms with van der Waals surface area (Å²) in [5, 5.41) is 3.18. The van der Waals surface area contributed by atoms with Gasteiger partial charge in [0.15, 0.2) is 0 Å². The Labute approximate surface area is 151 Å². The van der Waals surface area contributed by atoms with E-state index in [0.29, 0.717) is 24.8 Å². The van der Waals surface area contributed by atoms with E-state index in [9.17, 15) is 9.59 Å². The van der Waals surface area contributed by atoms with Crippen molar-refractivity contribution in [1.82, 2.24) is 10.2 Å². The van der Waals surface area contributed by atoms with Crippen LogP contribution in [0, 0.1) is 25.7 Å². The first-order valence-corrected chi connectivity index (χ1v) is 9.12. The number of amides is 2. The lowest BCUT2D eigenvalue weighted by atomic mass is 9.91. The number of primary amides is 1. The molecule has 1 aliphatic heterocycles. The van der Waals surface area contributed by atoms with Gasteiger partial charge in [-0.1, -0.05) is 32.0 Å². The Morgan fingerprint density at radius 2 is 1.96 bits per heavy atom. The molecule has 0 unspecified atom stereocenters. The van der Waals surface area contributed by atoms with Crippen LogP contribution >= 0.6 is 0 Å². The number of carbonyl (C=O) groups is 2. The SMILES string of the molecule is Cc1ccc(CCC(=O)N[C@H]2CN(CC(N)=O)C[C@@H]2C(C)C)cc1C. The van der Waals surface area contributed by atoms with Gasteiger partial charge in [0.05, 0.1) is 6.54 Å². The summed E-state index contributed by atoms with van der Waals surface area (Å²) in [4.78, 5) is 25.6. The average molecular weight is 345 g/mol. The molecule has 1 aliphatic rings. The van der Waals surface area contributed by atoms with Crippen molar-refractivity contribution in [3.8, 4) is 0 Å². The van der Waals surface area contributed by atoms with E-state index < -0.39 is 0 Å². The molecule has 0 radical (unpaired) electrons. The molecule has 1 aromatic rings. The van der Waals surface area contributed by atoms with E-state index >= 15 is 0 Å². The normalized spacial score (nSPS) is 20.8. The Kier molecular flexibility index (Phi) is 6.59. The van der Waals surface area contributed by atoms with Crippen LogP contribution in [0.4, 0.5) is 0 Å². The van der Waals surface area contributed by atoms with E-state index in [0.717, 1.165) is 13.0 Å². The zero-order valence-corrected chi connectivity index (χ0v) is 15.8. The third-order valence-corrected chi connectivity index (χ3v) is 5.23. The Morgan fingerprint density at radius 1 is 1.24 bits per heavy atom. The van der Waals surface area contributed by atoms with Crippen molar-refractivity contribution >= 4 is 11.8 Å². The molecule has 0 bridgehead atoms. The zero-order chi connectivity index (χ0) is 18.6. The van der Waals surface area contributed by atoms with Crippen molar-refractivity contribution in [1.29, 1.82) is 0 Å². The van der Waals surface area contributed by atoms with Crippen LogP contribution in [0.5, 0.6) is 0 Å². The number of likely N-dealkylation sites (tertiary alicyclic amines) is 1. The van der Waals surface area contributed by atoms with Crippen molar-refractivity contribution in [2.75, 3.05) is 19.6 Å². The predicted molar refractivity (Wildman–Crippen MR) is 100 cm³/mol. The molecule has 3 N–H and O–H groups in total. The molecule has 2 amide bonds. The molecule has 0 spiro atoms. The second kappa shape index (κ2) is 8.48. The number of hydrogen-bond acceptors (Lipinski definition) is 3. The van der Waals surface area contributed by atoms with Gasteiger partial charge in [0.2, 0.25) is 11.8 Å². The number of benzene rings is 1. The van der Waals surface area contributed by atoms with Gasteiger partial charge in [-0.3, -0.25) is 14.5 Å². The fourth-order valence-electron chi connectivity index (χ4n) is 3.59. The van der Waals surface area contributed by atoms with Crippen LogP contribution < -0.4 is 11.1 Å². The molecule has 5 heteroatoms. The third-order valence-electron chi connectivity index (χ3n) is 5.23. The summed E-state index contributed by atoms with van der Waals surface area (Å²) in [6.45, 7) is 10.3. The highest BCUT2D eigenvalue weighted by molar-refractivity contribution is 5.77. The summed E-state index contributed by atoms with van der Waals surface area (Å²) in [7, 11) is 0. The van der Waals surface area contributed by atoms with Crippen LogP contribution in [0.15, 0.2) is 18.2 Å². The lowest BCUT2D eigenvalue weighted by Gasteiger charge is -2.23. The molecule has 25 heavy (non-hydrogen) atoms. The fourth-order valence-corrected chi connectivity index (χ4v) is 3.59. The summed E-state index contributed by atoms with van der Waals surface area (Å²) < 4.78 is 0. The molecule has 2 atom stereocenters. The van der Waals surface area contributed by atoms with E-state index in [2.05, 4.69) is 51.2 Å². The van der Waals surface area contributed by atoms with Crippen molar-refractivity contribution < 1.29 is 9.59 Å². The van der Waals surface area contributed by atoms with Gasteiger partial charge in [0, 0.05) is 25.6 Å². The van der Waals surface area contributed by atoms with Crippen LogP contribution in [0.3, 0.4) is 0 Å².